The van der Waals surface area contributed by atoms with E-state index in [-0.39, 0.29) is 0 Å². The fourth-order valence-corrected chi connectivity index (χ4v) is 14.0. The lowest BCUT2D eigenvalue weighted by Gasteiger charge is -2.30. The van der Waals surface area contributed by atoms with Crippen molar-refractivity contribution in [3.05, 3.63) is 313 Å². The van der Waals surface area contributed by atoms with Crippen molar-refractivity contribution in [2.24, 2.45) is 0 Å². The maximum atomic E-state index is 7.45. The molecule has 372 valence electrons. The van der Waals surface area contributed by atoms with E-state index in [9.17, 15) is 0 Å². The predicted molar refractivity (Wildman–Crippen MR) is 331 cm³/mol. The molecule has 80 heavy (non-hydrogen) atoms. The second-order valence-corrected chi connectivity index (χ2v) is 21.4. The van der Waals surface area contributed by atoms with Crippen molar-refractivity contribution in [1.82, 2.24) is 9.13 Å². The zero-order chi connectivity index (χ0) is 52.5. The summed E-state index contributed by atoms with van der Waals surface area (Å²) < 4.78 is 12.3. The fourth-order valence-electron chi connectivity index (χ4n) is 14.0. The highest BCUT2D eigenvalue weighted by atomic mass is 16.3. The van der Waals surface area contributed by atoms with Gasteiger partial charge in [0.15, 0.2) is 0 Å². The molecule has 12 aromatic carbocycles. The Morgan fingerprint density at radius 3 is 1.32 bits per heavy atom. The highest BCUT2D eigenvalue weighted by Gasteiger charge is 2.56. The normalized spacial score (nSPS) is 12.8. The molecule has 0 N–H and O–H groups in total. The van der Waals surface area contributed by atoms with Gasteiger partial charge in [0.2, 0.25) is 0 Å². The van der Waals surface area contributed by atoms with Crippen molar-refractivity contribution in [2.45, 2.75) is 5.41 Å². The Kier molecular flexibility index (Phi) is 9.63. The summed E-state index contributed by atoms with van der Waals surface area (Å²) in [6.45, 7) is 0. The first-order valence-electron chi connectivity index (χ1n) is 27.7. The molecule has 0 atom stereocenters. The van der Waals surface area contributed by atoms with E-state index in [4.69, 9.17) is 4.42 Å². The molecule has 0 aliphatic heterocycles. The highest BCUT2D eigenvalue weighted by Crippen LogP contribution is 2.68. The summed E-state index contributed by atoms with van der Waals surface area (Å²) in [7, 11) is 0. The highest BCUT2D eigenvalue weighted by molar-refractivity contribution is 6.15. The number of hydrogen-bond donors (Lipinski definition) is 0. The van der Waals surface area contributed by atoms with Crippen molar-refractivity contribution in [3.63, 3.8) is 0 Å². The Balaban J connectivity index is 0.896. The van der Waals surface area contributed by atoms with E-state index >= 15 is 0 Å². The molecule has 0 unspecified atom stereocenters. The first-order chi connectivity index (χ1) is 39.7. The molecule has 17 rings (SSSR count). The quantitative estimate of drug-likeness (QED) is 0.156. The van der Waals surface area contributed by atoms with E-state index in [0.717, 1.165) is 56.2 Å². The van der Waals surface area contributed by atoms with Gasteiger partial charge in [0.25, 0.3) is 0 Å². The third-order valence-corrected chi connectivity index (χ3v) is 17.3. The van der Waals surface area contributed by atoms with Gasteiger partial charge in [-0.15, -0.1) is 0 Å². The monoisotopic (exact) mass is 1020 g/mol. The molecule has 0 bridgehead atoms. The second-order valence-electron chi connectivity index (χ2n) is 21.4. The van der Waals surface area contributed by atoms with Crippen molar-refractivity contribution in [1.29, 1.82) is 0 Å². The number of rotatable bonds is 7. The van der Waals surface area contributed by atoms with Crippen LogP contribution in [0, 0.1) is 0 Å². The Hall–Kier alpha value is -10.5. The minimum absolute atomic E-state index is 0.641. The molecule has 15 aromatic rings. The number of benzene rings is 12. The summed E-state index contributed by atoms with van der Waals surface area (Å²) >= 11 is 0. The number of para-hydroxylation sites is 2. The number of hydrogen-bond acceptors (Lipinski definition) is 1. The van der Waals surface area contributed by atoms with Crippen LogP contribution in [0.4, 0.5) is 0 Å². The Morgan fingerprint density at radius 1 is 0.250 bits per heavy atom. The first-order valence-corrected chi connectivity index (χ1v) is 27.7. The number of nitrogens with zero attached hydrogens (tertiary/aromatic N) is 2. The van der Waals surface area contributed by atoms with Crippen LogP contribution < -0.4 is 0 Å². The molecular formula is C77H48N2O. The number of furan rings is 1. The van der Waals surface area contributed by atoms with Crippen LogP contribution in [0.3, 0.4) is 0 Å². The van der Waals surface area contributed by atoms with E-state index < -0.39 is 5.41 Å². The predicted octanol–water partition coefficient (Wildman–Crippen LogP) is 20.2. The molecule has 3 nitrogen and oxygen atoms in total. The Morgan fingerprint density at radius 2 is 0.675 bits per heavy atom. The molecule has 0 fully saturated rings. The third-order valence-electron chi connectivity index (χ3n) is 17.3. The molecule has 2 aliphatic carbocycles. The number of fused-ring (bicyclic) bond motifs is 16. The summed E-state index contributed by atoms with van der Waals surface area (Å²) in [6, 6.07) is 107. The van der Waals surface area contributed by atoms with E-state index in [1.54, 1.807) is 0 Å². The zero-order valence-corrected chi connectivity index (χ0v) is 43.5. The maximum Gasteiger partial charge on any atom is 0.143 e. The van der Waals surface area contributed by atoms with Gasteiger partial charge in [-0.25, -0.2) is 0 Å². The van der Waals surface area contributed by atoms with Crippen LogP contribution in [0.1, 0.15) is 22.3 Å². The molecule has 3 heterocycles. The van der Waals surface area contributed by atoms with E-state index in [1.807, 2.05) is 0 Å². The SMILES string of the molecule is c1ccc(-c2cccc(-n3c4ccccc4c4cc(-c5ccc6c(c5)c5cc(-c7cccc8c7-c7c(-c9ccccc9)oc(-c9ccccc9)c7C87c8ccccc8-c8ccccc87)ccc5n6-c5ccccc5)ccc43)c2)cc1. The standard InChI is InChI=1S/C77H48N2O/c1-5-21-49(22-6-1)52-27-19-30-57(45-52)79-68-38-18-15-33-61(68)62-46-53(39-42-69(62)79)54-40-43-70-63(47-54)64-48-55(41-44-71(64)78(70)56-28-11-4-12-29-56)58-34-20-37-67-72(58)73-74(77(67)65-35-16-13-31-59(65)60-32-14-17-36-66(60)77)76(51-25-9-3-10-26-51)80-75(73)50-23-7-2-8-24-50/h1-48H. The van der Waals surface area contributed by atoms with Gasteiger partial charge in [0, 0.05) is 55.2 Å². The minimum Gasteiger partial charge on any atom is -0.455 e. The second kappa shape index (κ2) is 17.3. The van der Waals surface area contributed by atoms with Gasteiger partial charge in [-0.1, -0.05) is 224 Å². The van der Waals surface area contributed by atoms with Gasteiger partial charge in [-0.3, -0.25) is 0 Å². The van der Waals surface area contributed by atoms with Crippen LogP contribution >= 0.6 is 0 Å². The van der Waals surface area contributed by atoms with Crippen molar-refractivity contribution < 1.29 is 4.42 Å². The van der Waals surface area contributed by atoms with Gasteiger partial charge in [-0.2, -0.15) is 0 Å². The maximum absolute atomic E-state index is 7.45. The molecule has 0 saturated carbocycles. The summed E-state index contributed by atoms with van der Waals surface area (Å²) in [5.41, 5.74) is 25.5. The van der Waals surface area contributed by atoms with Gasteiger partial charge in [-0.05, 0) is 133 Å². The summed E-state index contributed by atoms with van der Waals surface area (Å²) in [4.78, 5) is 0. The molecular weight excluding hydrogens is 969 g/mol. The van der Waals surface area contributed by atoms with Crippen LogP contribution in [-0.2, 0) is 5.41 Å². The lowest BCUT2D eigenvalue weighted by Crippen LogP contribution is -2.26. The summed E-state index contributed by atoms with van der Waals surface area (Å²) in [6.07, 6.45) is 0. The van der Waals surface area contributed by atoms with Gasteiger partial charge < -0.3 is 13.6 Å². The van der Waals surface area contributed by atoms with E-state index in [0.29, 0.717) is 0 Å². The third kappa shape index (κ3) is 6.31. The molecule has 3 aromatic heterocycles. The topological polar surface area (TPSA) is 23.0 Å². The fraction of sp³-hybridized carbons (Fsp3) is 0.0130. The number of aromatic nitrogens is 2. The van der Waals surface area contributed by atoms with Crippen LogP contribution in [0.25, 0.3) is 133 Å². The molecule has 3 heteroatoms. The first kappa shape index (κ1) is 44.6. The van der Waals surface area contributed by atoms with Gasteiger partial charge in [0.1, 0.15) is 11.5 Å². The average molecular weight is 1020 g/mol. The minimum atomic E-state index is -0.641. The molecule has 0 saturated heterocycles. The summed E-state index contributed by atoms with van der Waals surface area (Å²) in [5.74, 6) is 1.79. The molecule has 2 aliphatic rings. The largest absolute Gasteiger partial charge is 0.455 e. The van der Waals surface area contributed by atoms with Crippen LogP contribution in [0.5, 0.6) is 0 Å². The van der Waals surface area contributed by atoms with Gasteiger partial charge >= 0.3 is 0 Å². The molecule has 1 spiro atoms. The van der Waals surface area contributed by atoms with Gasteiger partial charge in [0.05, 0.1) is 27.5 Å². The Labute approximate surface area is 463 Å². The summed E-state index contributed by atoms with van der Waals surface area (Å²) in [5, 5.41) is 4.85. The smallest absolute Gasteiger partial charge is 0.143 e. The van der Waals surface area contributed by atoms with Crippen molar-refractivity contribution in [2.75, 3.05) is 0 Å². The lowest BCUT2D eigenvalue weighted by molar-refractivity contribution is 0.588. The van der Waals surface area contributed by atoms with E-state index in [1.165, 1.54) is 99.3 Å². The van der Waals surface area contributed by atoms with Crippen LogP contribution in [0.15, 0.2) is 296 Å². The Bertz CT molecular complexity index is 4940. The van der Waals surface area contributed by atoms with Crippen molar-refractivity contribution >= 4 is 43.6 Å². The van der Waals surface area contributed by atoms with Crippen LogP contribution in [0.2, 0.25) is 0 Å². The lowest BCUT2D eigenvalue weighted by atomic mass is 9.69. The molecule has 0 radical (unpaired) electrons. The van der Waals surface area contributed by atoms with E-state index in [2.05, 4.69) is 300 Å². The zero-order valence-electron chi connectivity index (χ0n) is 43.5. The molecule has 0 amide bonds. The van der Waals surface area contributed by atoms with Crippen molar-refractivity contribution in [3.8, 4) is 89.7 Å². The average Bonchev–Trinajstić information content (AvgIpc) is 4.15. The van der Waals surface area contributed by atoms with Crippen LogP contribution in [-0.4, -0.2) is 9.13 Å².